The highest BCUT2D eigenvalue weighted by molar-refractivity contribution is 14.0. The van der Waals surface area contributed by atoms with Crippen LogP contribution in [0, 0.1) is 0 Å². The van der Waals surface area contributed by atoms with Gasteiger partial charge in [-0.15, -0.1) is 30.6 Å². The highest BCUT2D eigenvalue weighted by Gasteiger charge is 2.22. The van der Waals surface area contributed by atoms with Crippen LogP contribution in [0.2, 0.25) is 0 Å². The number of piperidine rings is 1. The van der Waals surface area contributed by atoms with Gasteiger partial charge in [0.1, 0.15) is 6.54 Å². The van der Waals surface area contributed by atoms with E-state index in [1.165, 1.54) is 0 Å². The Morgan fingerprint density at radius 2 is 2.04 bits per heavy atom. The van der Waals surface area contributed by atoms with Gasteiger partial charge in [-0.25, -0.2) is 4.99 Å². The van der Waals surface area contributed by atoms with Gasteiger partial charge in [-0.1, -0.05) is 6.08 Å². The van der Waals surface area contributed by atoms with E-state index in [1.54, 1.807) is 32.2 Å². The Morgan fingerprint density at radius 3 is 2.60 bits per heavy atom. The average Bonchev–Trinajstić information content (AvgIpc) is 2.59. The molecule has 1 aliphatic rings. The number of guanidine groups is 1. The van der Waals surface area contributed by atoms with Crippen molar-refractivity contribution in [3.8, 4) is 0 Å². The number of ether oxygens (including phenoxy) is 2. The number of likely N-dealkylation sites (tertiary alicyclic amines) is 1. The summed E-state index contributed by atoms with van der Waals surface area (Å²) in [6.45, 7) is 7.72. The van der Waals surface area contributed by atoms with Gasteiger partial charge in [0.2, 0.25) is 5.91 Å². The smallest absolute Gasteiger partial charge is 0.243 e. The summed E-state index contributed by atoms with van der Waals surface area (Å²) in [5, 5.41) is 3.24. The lowest BCUT2D eigenvalue weighted by molar-refractivity contribution is -0.127. The van der Waals surface area contributed by atoms with Crippen molar-refractivity contribution in [3.05, 3.63) is 12.7 Å². The number of aliphatic imine (C=N–C) groups is 1. The molecule has 0 spiro atoms. The van der Waals surface area contributed by atoms with Gasteiger partial charge in [-0.3, -0.25) is 4.79 Å². The molecule has 0 aromatic heterocycles. The summed E-state index contributed by atoms with van der Waals surface area (Å²) in [5.41, 5.74) is 0. The van der Waals surface area contributed by atoms with Crippen LogP contribution in [0.1, 0.15) is 19.3 Å². The molecule has 1 fully saturated rings. The zero-order valence-electron chi connectivity index (χ0n) is 15.7. The molecule has 25 heavy (non-hydrogen) atoms. The molecular weight excluding hydrogens is 435 g/mol. The van der Waals surface area contributed by atoms with Gasteiger partial charge in [-0.2, -0.15) is 0 Å². The summed E-state index contributed by atoms with van der Waals surface area (Å²) in [6, 6.07) is 0. The molecule has 8 heteroatoms. The second kappa shape index (κ2) is 14.3. The zero-order chi connectivity index (χ0) is 17.8. The normalized spacial score (nSPS) is 15.5. The number of likely N-dealkylation sites (N-methyl/N-ethyl adjacent to an activating group) is 1. The number of nitrogens with zero attached hydrogens (tertiary/aromatic N) is 3. The number of methoxy groups -OCH3 is 1. The Morgan fingerprint density at radius 1 is 1.36 bits per heavy atom. The number of halogens is 1. The van der Waals surface area contributed by atoms with E-state index >= 15 is 0 Å². The molecule has 1 N–H and O–H groups in total. The molecule has 7 nitrogen and oxygen atoms in total. The van der Waals surface area contributed by atoms with Crippen LogP contribution >= 0.6 is 24.0 Å². The van der Waals surface area contributed by atoms with Crippen molar-refractivity contribution in [2.75, 3.05) is 60.6 Å². The number of carbonyl (C=O) groups is 1. The van der Waals surface area contributed by atoms with Crippen LogP contribution in [-0.4, -0.2) is 88.4 Å². The number of hydrogen-bond donors (Lipinski definition) is 1. The largest absolute Gasteiger partial charge is 0.385 e. The molecule has 0 bridgehead atoms. The first-order valence-electron chi connectivity index (χ1n) is 8.53. The van der Waals surface area contributed by atoms with Crippen molar-refractivity contribution < 1.29 is 14.3 Å². The summed E-state index contributed by atoms with van der Waals surface area (Å²) in [6.07, 6.45) is 4.93. The molecule has 1 aliphatic heterocycles. The standard InChI is InChI=1S/C17H32N4O3.HI/c1-5-9-18-17(19-14-16(22)20(2)3)21-10-7-15(8-11-21)24-13-6-12-23-4;/h5,15H,1,6-14H2,2-4H3,(H,18,19);1H. The van der Waals surface area contributed by atoms with E-state index in [-0.39, 0.29) is 36.4 Å². The van der Waals surface area contributed by atoms with Crippen LogP contribution < -0.4 is 5.32 Å². The fraction of sp³-hybridized carbons (Fsp3) is 0.765. The maximum absolute atomic E-state index is 11.7. The van der Waals surface area contributed by atoms with Gasteiger partial charge < -0.3 is 24.6 Å². The van der Waals surface area contributed by atoms with Crippen LogP contribution in [-0.2, 0) is 14.3 Å². The second-order valence-electron chi connectivity index (χ2n) is 6.00. The minimum Gasteiger partial charge on any atom is -0.385 e. The van der Waals surface area contributed by atoms with Crippen molar-refractivity contribution in [1.82, 2.24) is 15.1 Å². The predicted octanol–water partition coefficient (Wildman–Crippen LogP) is 1.34. The Bertz CT molecular complexity index is 411. The molecule has 0 aliphatic carbocycles. The molecule has 0 radical (unpaired) electrons. The molecule has 0 unspecified atom stereocenters. The molecule has 146 valence electrons. The first-order valence-corrected chi connectivity index (χ1v) is 8.53. The van der Waals surface area contributed by atoms with Gasteiger partial charge in [-0.05, 0) is 19.3 Å². The molecule has 1 rings (SSSR count). The van der Waals surface area contributed by atoms with Crippen molar-refractivity contribution in [2.24, 2.45) is 4.99 Å². The monoisotopic (exact) mass is 468 g/mol. The molecule has 1 saturated heterocycles. The third-order valence-electron chi connectivity index (χ3n) is 3.86. The quantitative estimate of drug-likeness (QED) is 0.182. The van der Waals surface area contributed by atoms with Crippen LogP contribution in [0.5, 0.6) is 0 Å². The van der Waals surface area contributed by atoms with E-state index in [1.807, 2.05) is 0 Å². The van der Waals surface area contributed by atoms with Crippen LogP contribution in [0.4, 0.5) is 0 Å². The van der Waals surface area contributed by atoms with Crippen molar-refractivity contribution >= 4 is 35.8 Å². The van der Waals surface area contributed by atoms with Crippen LogP contribution in [0.15, 0.2) is 17.6 Å². The summed E-state index contributed by atoms with van der Waals surface area (Å²) in [5.74, 6) is 0.757. The third kappa shape index (κ3) is 10.0. The summed E-state index contributed by atoms with van der Waals surface area (Å²) in [7, 11) is 5.18. The average molecular weight is 468 g/mol. The maximum atomic E-state index is 11.7. The Balaban J connectivity index is 0.00000576. The first kappa shape index (κ1) is 24.1. The lowest BCUT2D eigenvalue weighted by Crippen LogP contribution is -2.47. The van der Waals surface area contributed by atoms with Crippen LogP contribution in [0.3, 0.4) is 0 Å². The van der Waals surface area contributed by atoms with E-state index in [9.17, 15) is 4.79 Å². The third-order valence-corrected chi connectivity index (χ3v) is 3.86. The molecule has 0 atom stereocenters. The Hall–Kier alpha value is -0.870. The van der Waals surface area contributed by atoms with Gasteiger partial charge in [0.15, 0.2) is 5.96 Å². The number of carbonyl (C=O) groups excluding carboxylic acids is 1. The fourth-order valence-corrected chi connectivity index (χ4v) is 2.40. The Kier molecular flexibility index (Phi) is 13.8. The number of amides is 1. The zero-order valence-corrected chi connectivity index (χ0v) is 18.0. The maximum Gasteiger partial charge on any atom is 0.243 e. The van der Waals surface area contributed by atoms with Crippen LogP contribution in [0.25, 0.3) is 0 Å². The number of nitrogens with one attached hydrogen (secondary N) is 1. The first-order chi connectivity index (χ1) is 11.6. The van der Waals surface area contributed by atoms with E-state index in [0.29, 0.717) is 12.6 Å². The van der Waals surface area contributed by atoms with Crippen molar-refractivity contribution in [3.63, 3.8) is 0 Å². The van der Waals surface area contributed by atoms with Gasteiger partial charge in [0, 0.05) is 54.1 Å². The minimum absolute atomic E-state index is 0. The second-order valence-corrected chi connectivity index (χ2v) is 6.00. The van der Waals surface area contributed by atoms with E-state index < -0.39 is 0 Å². The predicted molar refractivity (Wildman–Crippen MR) is 112 cm³/mol. The van der Waals surface area contributed by atoms with E-state index in [0.717, 1.165) is 51.5 Å². The SMILES string of the molecule is C=CCNC(=NCC(=O)N(C)C)N1CCC(OCCCOC)CC1.I. The lowest BCUT2D eigenvalue weighted by Gasteiger charge is -2.34. The fourth-order valence-electron chi connectivity index (χ4n) is 2.40. The molecular formula is C17H33IN4O3. The minimum atomic E-state index is -0.00994. The number of hydrogen-bond acceptors (Lipinski definition) is 4. The van der Waals surface area contributed by atoms with Gasteiger partial charge in [0.05, 0.1) is 6.10 Å². The van der Waals surface area contributed by atoms with Crippen molar-refractivity contribution in [2.45, 2.75) is 25.4 Å². The number of rotatable bonds is 9. The van der Waals surface area contributed by atoms with Gasteiger partial charge in [0.25, 0.3) is 0 Å². The topological polar surface area (TPSA) is 66.4 Å². The summed E-state index contributed by atoms with van der Waals surface area (Å²) >= 11 is 0. The Labute approximate surface area is 168 Å². The van der Waals surface area contributed by atoms with E-state index in [4.69, 9.17) is 9.47 Å². The molecule has 1 heterocycles. The molecule has 1 amide bonds. The van der Waals surface area contributed by atoms with E-state index in [2.05, 4.69) is 21.8 Å². The molecule has 0 saturated carbocycles. The molecule has 0 aromatic rings. The molecule has 0 aromatic carbocycles. The summed E-state index contributed by atoms with van der Waals surface area (Å²) < 4.78 is 10.9. The lowest BCUT2D eigenvalue weighted by atomic mass is 10.1. The van der Waals surface area contributed by atoms with Gasteiger partial charge >= 0.3 is 0 Å². The highest BCUT2D eigenvalue weighted by Crippen LogP contribution is 2.14. The van der Waals surface area contributed by atoms with Crippen molar-refractivity contribution in [1.29, 1.82) is 0 Å². The summed E-state index contributed by atoms with van der Waals surface area (Å²) in [4.78, 5) is 19.9. The highest BCUT2D eigenvalue weighted by atomic mass is 127.